The molecule has 0 radical (unpaired) electrons. The van der Waals surface area contributed by atoms with Gasteiger partial charge in [-0.15, -0.1) is 0 Å². The first-order valence-corrected chi connectivity index (χ1v) is 5.95. The van der Waals surface area contributed by atoms with Crippen molar-refractivity contribution in [1.82, 2.24) is 0 Å². The second-order valence-electron chi connectivity index (χ2n) is 4.74. The summed E-state index contributed by atoms with van der Waals surface area (Å²) in [6, 6.07) is 0. The standard InChI is InChI=1S/C11H23NO5/c1-6(4-13)5-16-11-7(2)9(14)10(15)8(3-12)17-11/h6-11,13-15H,3-5,12H2,1-2H3. The fraction of sp³-hybridized carbons (Fsp3) is 1.00. The third kappa shape index (κ3) is 3.61. The van der Waals surface area contributed by atoms with Gasteiger partial charge in [-0.1, -0.05) is 13.8 Å². The van der Waals surface area contributed by atoms with Crippen molar-refractivity contribution >= 4 is 0 Å². The van der Waals surface area contributed by atoms with Gasteiger partial charge in [0, 0.05) is 25.0 Å². The Kier molecular flexibility index (Phi) is 5.78. The molecule has 0 aromatic heterocycles. The molecule has 6 atom stereocenters. The SMILES string of the molecule is CC(CO)COC1OC(CN)C(O)C(O)C1C. The molecule has 17 heavy (non-hydrogen) atoms. The van der Waals surface area contributed by atoms with Crippen LogP contribution in [0.25, 0.3) is 0 Å². The molecule has 6 nitrogen and oxygen atoms in total. The Morgan fingerprint density at radius 1 is 1.35 bits per heavy atom. The summed E-state index contributed by atoms with van der Waals surface area (Å²) in [4.78, 5) is 0. The highest BCUT2D eigenvalue weighted by Crippen LogP contribution is 2.26. The van der Waals surface area contributed by atoms with Crippen LogP contribution in [0.4, 0.5) is 0 Å². The Morgan fingerprint density at radius 2 is 2.00 bits per heavy atom. The van der Waals surface area contributed by atoms with Crippen LogP contribution in [0.3, 0.4) is 0 Å². The van der Waals surface area contributed by atoms with Gasteiger partial charge in [-0.05, 0) is 0 Å². The molecule has 1 aliphatic heterocycles. The van der Waals surface area contributed by atoms with Gasteiger partial charge in [0.1, 0.15) is 12.2 Å². The molecular weight excluding hydrogens is 226 g/mol. The highest BCUT2D eigenvalue weighted by atomic mass is 16.7. The maximum absolute atomic E-state index is 9.83. The molecule has 1 heterocycles. The number of aliphatic hydroxyl groups excluding tert-OH is 3. The van der Waals surface area contributed by atoms with Gasteiger partial charge in [0.2, 0.25) is 0 Å². The number of hydrogen-bond acceptors (Lipinski definition) is 6. The summed E-state index contributed by atoms with van der Waals surface area (Å²) < 4.78 is 11.0. The maximum Gasteiger partial charge on any atom is 0.163 e. The van der Waals surface area contributed by atoms with Gasteiger partial charge in [0.25, 0.3) is 0 Å². The van der Waals surface area contributed by atoms with Crippen LogP contribution in [-0.4, -0.2) is 59.7 Å². The molecule has 5 N–H and O–H groups in total. The van der Waals surface area contributed by atoms with Crippen molar-refractivity contribution in [3.05, 3.63) is 0 Å². The zero-order valence-electron chi connectivity index (χ0n) is 10.3. The number of hydrogen-bond donors (Lipinski definition) is 4. The van der Waals surface area contributed by atoms with Crippen molar-refractivity contribution in [1.29, 1.82) is 0 Å². The normalized spacial score (nSPS) is 40.2. The summed E-state index contributed by atoms with van der Waals surface area (Å²) in [5.41, 5.74) is 5.45. The zero-order chi connectivity index (χ0) is 13.0. The average molecular weight is 249 g/mol. The monoisotopic (exact) mass is 249 g/mol. The summed E-state index contributed by atoms with van der Waals surface area (Å²) in [6.45, 7) is 4.09. The molecule has 0 bridgehead atoms. The summed E-state index contributed by atoms with van der Waals surface area (Å²) in [5.74, 6) is -0.329. The molecule has 102 valence electrons. The lowest BCUT2D eigenvalue weighted by molar-refractivity contribution is -0.277. The highest BCUT2D eigenvalue weighted by Gasteiger charge is 2.42. The van der Waals surface area contributed by atoms with Crippen molar-refractivity contribution < 1.29 is 24.8 Å². The molecule has 1 fully saturated rings. The van der Waals surface area contributed by atoms with Crippen LogP contribution >= 0.6 is 0 Å². The van der Waals surface area contributed by atoms with Gasteiger partial charge >= 0.3 is 0 Å². The molecule has 0 aromatic carbocycles. The van der Waals surface area contributed by atoms with Gasteiger partial charge in [-0.2, -0.15) is 0 Å². The summed E-state index contributed by atoms with van der Waals surface area (Å²) in [6.07, 6.45) is -3.11. The van der Waals surface area contributed by atoms with E-state index in [-0.39, 0.29) is 25.0 Å². The van der Waals surface area contributed by atoms with E-state index >= 15 is 0 Å². The molecule has 1 saturated heterocycles. The van der Waals surface area contributed by atoms with Crippen LogP contribution in [0, 0.1) is 11.8 Å². The Labute approximate surface area is 101 Å². The first-order chi connectivity index (χ1) is 8.01. The number of aliphatic hydroxyl groups is 3. The summed E-state index contributed by atoms with van der Waals surface area (Å²) in [7, 11) is 0. The predicted octanol–water partition coefficient (Wildman–Crippen LogP) is -1.33. The van der Waals surface area contributed by atoms with Crippen molar-refractivity contribution in [2.75, 3.05) is 19.8 Å². The van der Waals surface area contributed by atoms with E-state index in [2.05, 4.69) is 0 Å². The lowest BCUT2D eigenvalue weighted by atomic mass is 9.92. The minimum absolute atomic E-state index is 0.00567. The quantitative estimate of drug-likeness (QED) is 0.481. The van der Waals surface area contributed by atoms with Gasteiger partial charge < -0.3 is 30.5 Å². The third-order valence-corrected chi connectivity index (χ3v) is 3.10. The zero-order valence-corrected chi connectivity index (χ0v) is 10.3. The predicted molar refractivity (Wildman–Crippen MR) is 61.1 cm³/mol. The molecule has 6 unspecified atom stereocenters. The van der Waals surface area contributed by atoms with Gasteiger partial charge in [-0.25, -0.2) is 0 Å². The lowest BCUT2D eigenvalue weighted by Crippen LogP contribution is -2.56. The van der Waals surface area contributed by atoms with Gasteiger partial charge in [0.15, 0.2) is 6.29 Å². The molecule has 0 aromatic rings. The van der Waals surface area contributed by atoms with Crippen molar-refractivity contribution in [2.24, 2.45) is 17.6 Å². The highest BCUT2D eigenvalue weighted by molar-refractivity contribution is 4.87. The average Bonchev–Trinajstić information content (AvgIpc) is 2.34. The molecular formula is C11H23NO5. The molecule has 0 spiro atoms. The van der Waals surface area contributed by atoms with Crippen LogP contribution in [0.1, 0.15) is 13.8 Å². The number of rotatable bonds is 5. The molecule has 6 heteroatoms. The number of nitrogens with two attached hydrogens (primary N) is 1. The van der Waals surface area contributed by atoms with Crippen molar-refractivity contribution in [2.45, 2.75) is 38.4 Å². The van der Waals surface area contributed by atoms with Crippen LogP contribution in [-0.2, 0) is 9.47 Å². The first kappa shape index (κ1) is 14.8. The van der Waals surface area contributed by atoms with Crippen LogP contribution in [0.5, 0.6) is 0 Å². The Hall–Kier alpha value is -0.240. The fourth-order valence-corrected chi connectivity index (χ4v) is 1.77. The molecule has 1 aliphatic rings. The minimum atomic E-state index is -0.981. The Morgan fingerprint density at radius 3 is 2.53 bits per heavy atom. The Balaban J connectivity index is 2.53. The molecule has 1 rings (SSSR count). The fourth-order valence-electron chi connectivity index (χ4n) is 1.77. The van der Waals surface area contributed by atoms with E-state index in [1.165, 1.54) is 0 Å². The lowest BCUT2D eigenvalue weighted by Gasteiger charge is -2.41. The molecule has 0 amide bonds. The second-order valence-corrected chi connectivity index (χ2v) is 4.74. The molecule has 0 saturated carbocycles. The third-order valence-electron chi connectivity index (χ3n) is 3.10. The van der Waals surface area contributed by atoms with Crippen LogP contribution in [0.15, 0.2) is 0 Å². The summed E-state index contributed by atoms with van der Waals surface area (Å²) >= 11 is 0. The summed E-state index contributed by atoms with van der Waals surface area (Å²) in [5, 5.41) is 28.4. The largest absolute Gasteiger partial charge is 0.396 e. The minimum Gasteiger partial charge on any atom is -0.396 e. The topological polar surface area (TPSA) is 105 Å². The van der Waals surface area contributed by atoms with E-state index in [4.69, 9.17) is 20.3 Å². The van der Waals surface area contributed by atoms with Gasteiger partial charge in [-0.3, -0.25) is 0 Å². The van der Waals surface area contributed by atoms with E-state index in [1.807, 2.05) is 6.92 Å². The van der Waals surface area contributed by atoms with E-state index in [9.17, 15) is 10.2 Å². The second kappa shape index (κ2) is 6.63. The molecule has 0 aliphatic carbocycles. The smallest absolute Gasteiger partial charge is 0.163 e. The maximum atomic E-state index is 9.83. The van der Waals surface area contributed by atoms with E-state index in [1.54, 1.807) is 6.92 Å². The van der Waals surface area contributed by atoms with E-state index in [0.29, 0.717) is 6.61 Å². The van der Waals surface area contributed by atoms with Crippen LogP contribution in [0.2, 0.25) is 0 Å². The van der Waals surface area contributed by atoms with Gasteiger partial charge in [0.05, 0.1) is 12.7 Å². The van der Waals surface area contributed by atoms with Crippen molar-refractivity contribution in [3.63, 3.8) is 0 Å². The van der Waals surface area contributed by atoms with E-state index < -0.39 is 24.6 Å². The van der Waals surface area contributed by atoms with E-state index in [0.717, 1.165) is 0 Å². The first-order valence-electron chi connectivity index (χ1n) is 5.95. The van der Waals surface area contributed by atoms with Crippen LogP contribution < -0.4 is 5.73 Å². The number of ether oxygens (including phenoxy) is 2. The van der Waals surface area contributed by atoms with Crippen molar-refractivity contribution in [3.8, 4) is 0 Å². The Bertz CT molecular complexity index is 226.